The molecule has 0 amide bonds. The lowest BCUT2D eigenvalue weighted by atomic mass is 10.1. The third-order valence-corrected chi connectivity index (χ3v) is 5.75. The summed E-state index contributed by atoms with van der Waals surface area (Å²) in [5.74, 6) is 0. The van der Waals surface area contributed by atoms with Crippen molar-refractivity contribution in [2.75, 3.05) is 6.54 Å². The van der Waals surface area contributed by atoms with Gasteiger partial charge in [0.25, 0.3) is 5.56 Å². The maximum absolute atomic E-state index is 12.5. The molecule has 0 spiro atoms. The van der Waals surface area contributed by atoms with E-state index < -0.39 is 10.0 Å². The Labute approximate surface area is 124 Å². The molecule has 2 heterocycles. The third kappa shape index (κ3) is 2.23. The van der Waals surface area contributed by atoms with Crippen LogP contribution in [0.5, 0.6) is 0 Å². The summed E-state index contributed by atoms with van der Waals surface area (Å²) in [6.07, 6.45) is 0.504. The Morgan fingerprint density at radius 3 is 2.55 bits per heavy atom. The lowest BCUT2D eigenvalue weighted by Crippen LogP contribution is -2.37. The molecule has 0 unspecified atom stereocenters. The molecule has 1 aromatic heterocycles. The lowest BCUT2D eigenvalue weighted by Gasteiger charge is -2.25. The minimum atomic E-state index is -3.57. The van der Waals surface area contributed by atoms with E-state index in [2.05, 4.69) is 26.1 Å². The number of benzene rings is 1. The van der Waals surface area contributed by atoms with Crippen LogP contribution in [0.15, 0.2) is 38.4 Å². The van der Waals surface area contributed by atoms with E-state index in [0.717, 1.165) is 10.2 Å². The standard InChI is InChI=1S/C12H12BrN3O3S/c13-8-1-3-9(4-2-8)20(18,19)16-6-5-11-10(7-16)12(17)15-14-11/h1-4H,5-7H2,(H2,14,15,17). The fraction of sp³-hybridized carbons (Fsp3) is 0.250. The predicted molar refractivity (Wildman–Crippen MR) is 76.9 cm³/mol. The minimum Gasteiger partial charge on any atom is -0.302 e. The molecule has 1 aromatic carbocycles. The molecular formula is C12H12BrN3O3S. The molecule has 1 aliphatic rings. The van der Waals surface area contributed by atoms with Gasteiger partial charge < -0.3 is 5.10 Å². The van der Waals surface area contributed by atoms with Gasteiger partial charge in [-0.25, -0.2) is 8.42 Å². The molecule has 0 radical (unpaired) electrons. The van der Waals surface area contributed by atoms with Crippen molar-refractivity contribution in [3.8, 4) is 0 Å². The molecule has 3 rings (SSSR count). The second-order valence-corrected chi connectivity index (χ2v) is 7.43. The van der Waals surface area contributed by atoms with Crippen molar-refractivity contribution < 1.29 is 8.42 Å². The van der Waals surface area contributed by atoms with Gasteiger partial charge in [-0.05, 0) is 24.3 Å². The van der Waals surface area contributed by atoms with Gasteiger partial charge in [-0.1, -0.05) is 15.9 Å². The number of aromatic amines is 2. The number of rotatable bonds is 2. The van der Waals surface area contributed by atoms with Crippen LogP contribution in [0.1, 0.15) is 11.3 Å². The average Bonchev–Trinajstić information content (AvgIpc) is 2.80. The van der Waals surface area contributed by atoms with E-state index in [-0.39, 0.29) is 17.0 Å². The highest BCUT2D eigenvalue weighted by Gasteiger charge is 2.30. The quantitative estimate of drug-likeness (QED) is 0.846. The van der Waals surface area contributed by atoms with Gasteiger partial charge in [0, 0.05) is 29.7 Å². The number of hydrogen-bond acceptors (Lipinski definition) is 3. The smallest absolute Gasteiger partial charge is 0.268 e. The molecule has 0 saturated carbocycles. The van der Waals surface area contributed by atoms with Crippen molar-refractivity contribution in [2.24, 2.45) is 0 Å². The van der Waals surface area contributed by atoms with Gasteiger partial charge in [0.15, 0.2) is 0 Å². The van der Waals surface area contributed by atoms with Gasteiger partial charge in [0.1, 0.15) is 0 Å². The Kier molecular flexibility index (Phi) is 3.31. The van der Waals surface area contributed by atoms with E-state index in [4.69, 9.17) is 0 Å². The highest BCUT2D eigenvalue weighted by Crippen LogP contribution is 2.23. The maximum atomic E-state index is 12.5. The molecule has 0 saturated heterocycles. The van der Waals surface area contributed by atoms with Crippen LogP contribution >= 0.6 is 15.9 Å². The Morgan fingerprint density at radius 1 is 1.15 bits per heavy atom. The Morgan fingerprint density at radius 2 is 1.85 bits per heavy atom. The highest BCUT2D eigenvalue weighted by molar-refractivity contribution is 9.10. The number of halogens is 1. The largest absolute Gasteiger partial charge is 0.302 e. The average molecular weight is 358 g/mol. The van der Waals surface area contributed by atoms with E-state index in [1.165, 1.54) is 4.31 Å². The number of nitrogens with one attached hydrogen (secondary N) is 2. The topological polar surface area (TPSA) is 86.0 Å². The number of sulfonamides is 1. The molecule has 8 heteroatoms. The van der Waals surface area contributed by atoms with Gasteiger partial charge in [-0.3, -0.25) is 9.89 Å². The summed E-state index contributed by atoms with van der Waals surface area (Å²) in [5.41, 5.74) is 1.03. The fourth-order valence-corrected chi connectivity index (χ4v) is 3.93. The SMILES string of the molecule is O=c1[nH][nH]c2c1CN(S(=O)(=O)c1ccc(Br)cc1)CC2. The fourth-order valence-electron chi connectivity index (χ4n) is 2.25. The van der Waals surface area contributed by atoms with Crippen LogP contribution in [0.25, 0.3) is 0 Å². The molecular weight excluding hydrogens is 346 g/mol. The molecule has 20 heavy (non-hydrogen) atoms. The van der Waals surface area contributed by atoms with E-state index in [1.807, 2.05) is 0 Å². The summed E-state index contributed by atoms with van der Waals surface area (Å²) in [5, 5.41) is 5.27. The van der Waals surface area contributed by atoms with Crippen molar-refractivity contribution in [1.82, 2.24) is 14.5 Å². The van der Waals surface area contributed by atoms with Gasteiger partial charge in [-0.15, -0.1) is 0 Å². The summed E-state index contributed by atoms with van der Waals surface area (Å²) in [6, 6.07) is 6.48. The molecule has 1 aliphatic heterocycles. The first-order chi connectivity index (χ1) is 9.48. The van der Waals surface area contributed by atoms with Crippen LogP contribution in [0.3, 0.4) is 0 Å². The number of hydrogen-bond donors (Lipinski definition) is 2. The van der Waals surface area contributed by atoms with Crippen LogP contribution in [-0.4, -0.2) is 29.5 Å². The number of H-pyrrole nitrogens is 2. The Bertz CT molecular complexity index is 792. The van der Waals surface area contributed by atoms with Crippen molar-refractivity contribution in [1.29, 1.82) is 0 Å². The molecule has 0 atom stereocenters. The number of fused-ring (bicyclic) bond motifs is 1. The van der Waals surface area contributed by atoms with E-state index >= 15 is 0 Å². The van der Waals surface area contributed by atoms with Crippen LogP contribution in [0.4, 0.5) is 0 Å². The maximum Gasteiger partial charge on any atom is 0.268 e. The first-order valence-corrected chi connectivity index (χ1v) is 8.26. The van der Waals surface area contributed by atoms with E-state index in [1.54, 1.807) is 24.3 Å². The van der Waals surface area contributed by atoms with Crippen LogP contribution in [0.2, 0.25) is 0 Å². The zero-order valence-electron chi connectivity index (χ0n) is 10.4. The van der Waals surface area contributed by atoms with Gasteiger partial charge in [0.05, 0.1) is 10.5 Å². The lowest BCUT2D eigenvalue weighted by molar-refractivity contribution is 0.389. The van der Waals surface area contributed by atoms with Gasteiger partial charge >= 0.3 is 0 Å². The monoisotopic (exact) mass is 357 g/mol. The molecule has 6 nitrogen and oxygen atoms in total. The third-order valence-electron chi connectivity index (χ3n) is 3.36. The van der Waals surface area contributed by atoms with E-state index in [9.17, 15) is 13.2 Å². The number of aromatic nitrogens is 2. The highest BCUT2D eigenvalue weighted by atomic mass is 79.9. The van der Waals surface area contributed by atoms with Gasteiger partial charge in [0.2, 0.25) is 10.0 Å². The van der Waals surface area contributed by atoms with E-state index in [0.29, 0.717) is 18.5 Å². The van der Waals surface area contributed by atoms with Crippen molar-refractivity contribution in [2.45, 2.75) is 17.9 Å². The summed E-state index contributed by atoms with van der Waals surface area (Å²) >= 11 is 3.28. The summed E-state index contributed by atoms with van der Waals surface area (Å²) in [7, 11) is -3.57. The minimum absolute atomic E-state index is 0.104. The normalized spacial score (nSPS) is 16.1. The second-order valence-electron chi connectivity index (χ2n) is 4.58. The van der Waals surface area contributed by atoms with Crippen LogP contribution in [0, 0.1) is 0 Å². The van der Waals surface area contributed by atoms with Gasteiger partial charge in [-0.2, -0.15) is 4.31 Å². The Balaban J connectivity index is 1.96. The van der Waals surface area contributed by atoms with Crippen LogP contribution < -0.4 is 5.56 Å². The molecule has 2 aromatic rings. The molecule has 0 bridgehead atoms. The molecule has 2 N–H and O–H groups in total. The van der Waals surface area contributed by atoms with Crippen molar-refractivity contribution >= 4 is 26.0 Å². The summed E-state index contributed by atoms with van der Waals surface area (Å²) in [6.45, 7) is 0.464. The molecule has 106 valence electrons. The van der Waals surface area contributed by atoms with Crippen molar-refractivity contribution in [3.63, 3.8) is 0 Å². The first-order valence-electron chi connectivity index (χ1n) is 6.02. The summed E-state index contributed by atoms with van der Waals surface area (Å²) < 4.78 is 27.2. The van der Waals surface area contributed by atoms with Crippen LogP contribution in [-0.2, 0) is 23.0 Å². The number of nitrogens with zero attached hydrogens (tertiary/aromatic N) is 1. The Hall–Kier alpha value is -1.38. The molecule has 0 fully saturated rings. The first kappa shape index (κ1) is 13.6. The predicted octanol–water partition coefficient (Wildman–Crippen LogP) is 1.21. The van der Waals surface area contributed by atoms with Crippen molar-refractivity contribution in [3.05, 3.63) is 50.3 Å². The zero-order valence-corrected chi connectivity index (χ0v) is 12.8. The second kappa shape index (κ2) is 4.87. The summed E-state index contributed by atoms with van der Waals surface area (Å²) in [4.78, 5) is 11.8. The zero-order chi connectivity index (χ0) is 14.3. The molecule has 0 aliphatic carbocycles.